The van der Waals surface area contributed by atoms with E-state index < -0.39 is 5.97 Å². The van der Waals surface area contributed by atoms with Crippen LogP contribution < -0.4 is 5.32 Å². The second kappa shape index (κ2) is 8.22. The van der Waals surface area contributed by atoms with Crippen molar-refractivity contribution in [2.45, 2.75) is 18.9 Å². The zero-order valence-electron chi connectivity index (χ0n) is 15.4. The molecule has 2 aromatic heterocycles. The summed E-state index contributed by atoms with van der Waals surface area (Å²) in [6.45, 7) is 0.545. The molecule has 29 heavy (non-hydrogen) atoms. The van der Waals surface area contributed by atoms with Gasteiger partial charge in [0.05, 0.1) is 12.8 Å². The van der Waals surface area contributed by atoms with Gasteiger partial charge >= 0.3 is 12.0 Å². The van der Waals surface area contributed by atoms with Crippen LogP contribution in [0.1, 0.15) is 34.4 Å². The average molecular weight is 433 g/mol. The van der Waals surface area contributed by atoms with Crippen LogP contribution in [-0.2, 0) is 4.74 Å². The van der Waals surface area contributed by atoms with Crippen LogP contribution in [-0.4, -0.2) is 40.7 Å². The van der Waals surface area contributed by atoms with Crippen molar-refractivity contribution < 1.29 is 18.8 Å². The quantitative estimate of drug-likeness (QED) is 0.604. The van der Waals surface area contributed by atoms with Gasteiger partial charge in [-0.1, -0.05) is 28.9 Å². The Balaban J connectivity index is 1.52. The lowest BCUT2D eigenvalue weighted by Crippen LogP contribution is -2.34. The Labute approximate surface area is 175 Å². The van der Waals surface area contributed by atoms with E-state index in [2.05, 4.69) is 15.5 Å². The number of carbonyl (C=O) groups excluding carboxylic acids is 2. The summed E-state index contributed by atoms with van der Waals surface area (Å²) in [5, 5.41) is 9.11. The summed E-state index contributed by atoms with van der Waals surface area (Å²) in [7, 11) is 1.30. The summed E-state index contributed by atoms with van der Waals surface area (Å²) in [6, 6.07) is 8.16. The molecule has 2 amide bonds. The first kappa shape index (κ1) is 19.4. The largest absolute Gasteiger partial charge is 0.465 e. The lowest BCUT2D eigenvalue weighted by molar-refractivity contribution is 0.0607. The van der Waals surface area contributed by atoms with E-state index in [0.29, 0.717) is 40.3 Å². The second-order valence-corrected chi connectivity index (χ2v) is 7.76. The van der Waals surface area contributed by atoms with Gasteiger partial charge in [0.1, 0.15) is 10.9 Å². The first-order valence-electron chi connectivity index (χ1n) is 8.90. The SMILES string of the molecule is COC(=O)c1sccc1NC(=O)N1CCC[C@@H]1c1nc(-c2cccc(Cl)c2)no1. The van der Waals surface area contributed by atoms with Gasteiger partial charge < -0.3 is 19.5 Å². The van der Waals surface area contributed by atoms with Gasteiger partial charge in [-0.3, -0.25) is 0 Å². The fourth-order valence-corrected chi connectivity index (χ4v) is 4.18. The average Bonchev–Trinajstić information content (AvgIpc) is 3.46. The van der Waals surface area contributed by atoms with Crippen molar-refractivity contribution in [3.8, 4) is 11.4 Å². The number of esters is 1. The van der Waals surface area contributed by atoms with E-state index in [0.717, 1.165) is 12.0 Å². The Hall–Kier alpha value is -2.91. The summed E-state index contributed by atoms with van der Waals surface area (Å²) < 4.78 is 10.2. The molecule has 150 valence electrons. The number of nitrogens with one attached hydrogen (secondary N) is 1. The molecule has 0 aliphatic carbocycles. The van der Waals surface area contributed by atoms with Crippen molar-refractivity contribution in [1.29, 1.82) is 0 Å². The van der Waals surface area contributed by atoms with Crippen LogP contribution in [0.15, 0.2) is 40.2 Å². The summed E-state index contributed by atoms with van der Waals surface area (Å²) in [5.41, 5.74) is 1.16. The third-order valence-corrected chi connectivity index (χ3v) is 5.73. The monoisotopic (exact) mass is 432 g/mol. The van der Waals surface area contributed by atoms with E-state index in [9.17, 15) is 9.59 Å². The van der Waals surface area contributed by atoms with Crippen molar-refractivity contribution in [2.24, 2.45) is 0 Å². The minimum atomic E-state index is -0.490. The Kier molecular flexibility index (Phi) is 5.50. The van der Waals surface area contributed by atoms with Crippen molar-refractivity contribution in [1.82, 2.24) is 15.0 Å². The third kappa shape index (κ3) is 3.96. The normalized spacial score (nSPS) is 16.1. The van der Waals surface area contributed by atoms with E-state index in [1.165, 1.54) is 18.4 Å². The van der Waals surface area contributed by atoms with Crippen LogP contribution in [0.5, 0.6) is 0 Å². The van der Waals surface area contributed by atoms with Crippen LogP contribution in [0.2, 0.25) is 5.02 Å². The second-order valence-electron chi connectivity index (χ2n) is 6.40. The fraction of sp³-hybridized carbons (Fsp3) is 0.263. The number of thiophene rings is 1. The van der Waals surface area contributed by atoms with Crippen LogP contribution in [0, 0.1) is 0 Å². The number of methoxy groups -OCH3 is 1. The number of likely N-dealkylation sites (tertiary alicyclic amines) is 1. The van der Waals surface area contributed by atoms with Gasteiger partial charge in [-0.25, -0.2) is 9.59 Å². The van der Waals surface area contributed by atoms with Gasteiger partial charge in [0.25, 0.3) is 0 Å². The van der Waals surface area contributed by atoms with Crippen molar-refractivity contribution in [3.05, 3.63) is 51.5 Å². The molecule has 0 unspecified atom stereocenters. The van der Waals surface area contributed by atoms with E-state index in [1.807, 2.05) is 12.1 Å². The molecule has 1 fully saturated rings. The zero-order valence-corrected chi connectivity index (χ0v) is 17.0. The molecule has 1 N–H and O–H groups in total. The minimum Gasteiger partial charge on any atom is -0.465 e. The van der Waals surface area contributed by atoms with Gasteiger partial charge in [-0.15, -0.1) is 11.3 Å². The molecule has 1 saturated heterocycles. The molecule has 1 aliphatic rings. The Morgan fingerprint density at radius 3 is 3.03 bits per heavy atom. The molecule has 3 heterocycles. The molecule has 0 radical (unpaired) electrons. The van der Waals surface area contributed by atoms with Gasteiger partial charge in [0, 0.05) is 17.1 Å². The summed E-state index contributed by atoms with van der Waals surface area (Å²) in [6.07, 6.45) is 1.51. The number of amides is 2. The number of benzene rings is 1. The molecule has 1 aliphatic heterocycles. The number of aromatic nitrogens is 2. The molecular weight excluding hydrogens is 416 g/mol. The number of anilines is 1. The highest BCUT2D eigenvalue weighted by Crippen LogP contribution is 2.33. The number of nitrogens with zero attached hydrogens (tertiary/aromatic N) is 3. The third-order valence-electron chi connectivity index (χ3n) is 4.60. The Bertz CT molecular complexity index is 1050. The highest BCUT2D eigenvalue weighted by molar-refractivity contribution is 7.12. The van der Waals surface area contributed by atoms with Gasteiger partial charge in [-0.2, -0.15) is 4.98 Å². The fourth-order valence-electron chi connectivity index (χ4n) is 3.23. The number of ether oxygens (including phenoxy) is 1. The first-order valence-corrected chi connectivity index (χ1v) is 10.2. The molecule has 0 bridgehead atoms. The number of rotatable bonds is 4. The minimum absolute atomic E-state index is 0.335. The van der Waals surface area contributed by atoms with Gasteiger partial charge in [0.15, 0.2) is 0 Å². The highest BCUT2D eigenvalue weighted by Gasteiger charge is 2.34. The van der Waals surface area contributed by atoms with E-state index in [-0.39, 0.29) is 12.1 Å². The van der Waals surface area contributed by atoms with E-state index in [4.69, 9.17) is 20.9 Å². The number of hydrogen-bond donors (Lipinski definition) is 1. The molecule has 8 nitrogen and oxygen atoms in total. The standard InChI is InChI=1S/C19H17ClN4O4S/c1-27-18(25)15-13(7-9-29-15)21-19(26)24-8-3-6-14(24)17-22-16(23-28-17)11-4-2-5-12(20)10-11/h2,4-5,7,9-10,14H,3,6,8H2,1H3,(H,21,26)/t14-/m1/s1. The lowest BCUT2D eigenvalue weighted by atomic mass is 10.2. The van der Waals surface area contributed by atoms with Crippen LogP contribution >= 0.6 is 22.9 Å². The van der Waals surface area contributed by atoms with Crippen LogP contribution in [0.25, 0.3) is 11.4 Å². The molecule has 1 atom stereocenters. The van der Waals surface area contributed by atoms with Gasteiger partial charge in [0.2, 0.25) is 11.7 Å². The number of hydrogen-bond acceptors (Lipinski definition) is 7. The predicted molar refractivity (Wildman–Crippen MR) is 108 cm³/mol. The summed E-state index contributed by atoms with van der Waals surface area (Å²) >= 11 is 7.23. The number of halogens is 1. The smallest absolute Gasteiger partial charge is 0.350 e. The number of urea groups is 1. The molecule has 1 aromatic carbocycles. The highest BCUT2D eigenvalue weighted by atomic mass is 35.5. The topological polar surface area (TPSA) is 97.6 Å². The van der Waals surface area contributed by atoms with E-state index in [1.54, 1.807) is 28.5 Å². The van der Waals surface area contributed by atoms with Crippen molar-refractivity contribution >= 4 is 40.6 Å². The lowest BCUT2D eigenvalue weighted by Gasteiger charge is -2.22. The molecule has 4 rings (SSSR count). The van der Waals surface area contributed by atoms with E-state index >= 15 is 0 Å². The molecule has 3 aromatic rings. The summed E-state index contributed by atoms with van der Waals surface area (Å²) in [5.74, 6) is 0.294. The molecule has 10 heteroatoms. The maximum absolute atomic E-state index is 12.8. The van der Waals surface area contributed by atoms with Gasteiger partial charge in [-0.05, 0) is 36.4 Å². The zero-order chi connectivity index (χ0) is 20.4. The predicted octanol–water partition coefficient (Wildman–Crippen LogP) is 4.61. The Morgan fingerprint density at radius 2 is 2.24 bits per heavy atom. The van der Waals surface area contributed by atoms with Crippen molar-refractivity contribution in [3.63, 3.8) is 0 Å². The molecular formula is C19H17ClN4O4S. The maximum atomic E-state index is 12.8. The first-order chi connectivity index (χ1) is 14.1. The van der Waals surface area contributed by atoms with Crippen molar-refractivity contribution in [2.75, 3.05) is 19.0 Å². The maximum Gasteiger partial charge on any atom is 0.350 e. The summed E-state index contributed by atoms with van der Waals surface area (Å²) in [4.78, 5) is 31.1. The Morgan fingerprint density at radius 1 is 1.38 bits per heavy atom. The van der Waals surface area contributed by atoms with Crippen LogP contribution in [0.3, 0.4) is 0 Å². The number of carbonyl (C=O) groups is 2. The molecule has 0 spiro atoms. The van der Waals surface area contributed by atoms with Crippen LogP contribution in [0.4, 0.5) is 10.5 Å². The molecule has 0 saturated carbocycles.